The minimum atomic E-state index is -3.63. The number of hydrogen-bond donors (Lipinski definition) is 1. The lowest BCUT2D eigenvalue weighted by atomic mass is 9.75. The molecule has 1 aliphatic heterocycles. The van der Waals surface area contributed by atoms with Crippen molar-refractivity contribution in [2.24, 2.45) is 11.3 Å². The van der Waals surface area contributed by atoms with Crippen molar-refractivity contribution < 1.29 is 8.42 Å². The molecule has 0 amide bonds. The van der Waals surface area contributed by atoms with Gasteiger partial charge >= 0.3 is 9.24 Å². The summed E-state index contributed by atoms with van der Waals surface area (Å²) in [6.45, 7) is 8.12. The third kappa shape index (κ3) is 4.68. The van der Waals surface area contributed by atoms with E-state index in [0.717, 1.165) is 25.9 Å². The predicted molar refractivity (Wildman–Crippen MR) is 61.7 cm³/mol. The van der Waals surface area contributed by atoms with E-state index in [1.54, 1.807) is 5.01 Å². The zero-order chi connectivity index (χ0) is 11.7. The van der Waals surface area contributed by atoms with E-state index < -0.39 is 9.24 Å². The van der Waals surface area contributed by atoms with Gasteiger partial charge in [0.1, 0.15) is 0 Å². The molecule has 1 rings (SSSR count). The molecule has 0 aliphatic carbocycles. The average Bonchev–Trinajstić information content (AvgIpc) is 2.00. The monoisotopic (exact) mass is 254 g/mol. The van der Waals surface area contributed by atoms with Crippen LogP contribution in [-0.4, -0.2) is 26.5 Å². The molecule has 0 saturated carbocycles. The summed E-state index contributed by atoms with van der Waals surface area (Å²) in [5.74, 6) is 0.647. The van der Waals surface area contributed by atoms with E-state index in [1.807, 2.05) is 0 Å². The Morgan fingerprint density at radius 2 is 1.73 bits per heavy atom. The molecule has 0 aromatic carbocycles. The van der Waals surface area contributed by atoms with Crippen LogP contribution in [0.4, 0.5) is 0 Å². The highest BCUT2D eigenvalue weighted by atomic mass is 35.7. The van der Waals surface area contributed by atoms with Gasteiger partial charge in [0.25, 0.3) is 0 Å². The van der Waals surface area contributed by atoms with Gasteiger partial charge in [-0.1, -0.05) is 20.8 Å². The van der Waals surface area contributed by atoms with Crippen molar-refractivity contribution >= 4 is 19.9 Å². The van der Waals surface area contributed by atoms with Gasteiger partial charge in [-0.3, -0.25) is 0 Å². The maximum absolute atomic E-state index is 10.8. The molecule has 0 aromatic heterocycles. The molecular weight excluding hydrogens is 236 g/mol. The van der Waals surface area contributed by atoms with Crippen molar-refractivity contribution in [1.29, 1.82) is 0 Å². The minimum absolute atomic E-state index is 0.298. The summed E-state index contributed by atoms with van der Waals surface area (Å²) in [6.07, 6.45) is 2.01. The van der Waals surface area contributed by atoms with Crippen LogP contribution in [0, 0.1) is 11.3 Å². The van der Waals surface area contributed by atoms with E-state index in [0.29, 0.717) is 11.3 Å². The van der Waals surface area contributed by atoms with Crippen LogP contribution in [-0.2, 0) is 9.24 Å². The highest BCUT2D eigenvalue weighted by molar-refractivity contribution is 8.12. The number of rotatable bonds is 2. The van der Waals surface area contributed by atoms with Crippen LogP contribution in [0.15, 0.2) is 0 Å². The molecule has 1 N–H and O–H groups in total. The Labute approximate surface area is 96.5 Å². The lowest BCUT2D eigenvalue weighted by molar-refractivity contribution is 0.0993. The summed E-state index contributed by atoms with van der Waals surface area (Å²) in [4.78, 5) is 2.30. The number of hydrogen-bond acceptors (Lipinski definition) is 3. The minimum Gasteiger partial charge on any atom is -0.230 e. The second kappa shape index (κ2) is 4.57. The smallest absolute Gasteiger partial charge is 0.230 e. The third-order valence-corrected chi connectivity index (χ3v) is 3.64. The van der Waals surface area contributed by atoms with Crippen LogP contribution in [0.5, 0.6) is 0 Å². The quantitative estimate of drug-likeness (QED) is 0.764. The molecule has 1 fully saturated rings. The summed E-state index contributed by atoms with van der Waals surface area (Å²) in [6, 6.07) is 0. The zero-order valence-corrected chi connectivity index (χ0v) is 11.0. The third-order valence-electron chi connectivity index (χ3n) is 2.96. The van der Waals surface area contributed by atoms with Gasteiger partial charge in [-0.25, -0.2) is 5.01 Å². The van der Waals surface area contributed by atoms with E-state index in [9.17, 15) is 8.42 Å². The summed E-state index contributed by atoms with van der Waals surface area (Å²) in [5, 5.41) is 1.67. The van der Waals surface area contributed by atoms with Gasteiger partial charge < -0.3 is 0 Å². The van der Waals surface area contributed by atoms with E-state index in [2.05, 4.69) is 25.6 Å². The molecule has 1 saturated heterocycles. The van der Waals surface area contributed by atoms with Gasteiger partial charge in [0.05, 0.1) is 0 Å². The van der Waals surface area contributed by atoms with Gasteiger partial charge in [-0.15, -0.1) is 4.83 Å². The maximum atomic E-state index is 10.8. The van der Waals surface area contributed by atoms with Crippen LogP contribution in [0.1, 0.15) is 33.6 Å². The van der Waals surface area contributed by atoms with E-state index in [-0.39, 0.29) is 0 Å². The molecule has 4 nitrogen and oxygen atoms in total. The number of nitrogens with one attached hydrogen (secondary N) is 1. The molecule has 0 atom stereocenters. The second-order valence-corrected chi connectivity index (χ2v) is 7.43. The molecule has 0 spiro atoms. The number of nitrogens with zero attached hydrogens (tertiary/aromatic N) is 1. The molecule has 0 aromatic rings. The van der Waals surface area contributed by atoms with Crippen LogP contribution < -0.4 is 4.83 Å². The molecule has 6 heteroatoms. The van der Waals surface area contributed by atoms with Crippen LogP contribution >= 0.6 is 10.7 Å². The van der Waals surface area contributed by atoms with Crippen LogP contribution in [0.25, 0.3) is 0 Å². The van der Waals surface area contributed by atoms with Gasteiger partial charge in [0.2, 0.25) is 0 Å². The van der Waals surface area contributed by atoms with Crippen molar-refractivity contribution in [1.82, 2.24) is 9.84 Å². The van der Waals surface area contributed by atoms with Crippen LogP contribution in [0.3, 0.4) is 0 Å². The Balaban J connectivity index is 2.43. The highest BCUT2D eigenvalue weighted by Crippen LogP contribution is 2.33. The van der Waals surface area contributed by atoms with Gasteiger partial charge in [-0.2, -0.15) is 8.42 Å². The Morgan fingerprint density at radius 1 is 1.27 bits per heavy atom. The standard InChI is InChI=1S/C9H19ClN2O2S/c1-9(2,3)8-4-6-12(7-5-8)11-15(10,13)14/h8,11H,4-7H2,1-3H3. The first-order valence-electron chi connectivity index (χ1n) is 5.15. The predicted octanol–water partition coefficient (Wildman–Crippen LogP) is 1.73. The summed E-state index contributed by atoms with van der Waals surface area (Å²) in [5.41, 5.74) is 0.298. The largest absolute Gasteiger partial charge is 0.310 e. The van der Waals surface area contributed by atoms with Crippen molar-refractivity contribution in [2.75, 3.05) is 13.1 Å². The van der Waals surface area contributed by atoms with Crippen molar-refractivity contribution in [2.45, 2.75) is 33.6 Å². The summed E-state index contributed by atoms with van der Waals surface area (Å²) in [7, 11) is 1.48. The van der Waals surface area contributed by atoms with E-state index in [4.69, 9.17) is 10.7 Å². The Bertz CT molecular complexity index is 303. The fourth-order valence-electron chi connectivity index (χ4n) is 1.99. The van der Waals surface area contributed by atoms with Crippen molar-refractivity contribution in [3.63, 3.8) is 0 Å². The normalized spacial score (nSPS) is 21.9. The number of halogens is 1. The Hall–Kier alpha value is 0.160. The van der Waals surface area contributed by atoms with E-state index in [1.165, 1.54) is 0 Å². The molecular formula is C9H19ClN2O2S. The Kier molecular flexibility index (Phi) is 4.03. The van der Waals surface area contributed by atoms with Gasteiger partial charge in [-0.05, 0) is 24.2 Å². The zero-order valence-electron chi connectivity index (χ0n) is 9.46. The highest BCUT2D eigenvalue weighted by Gasteiger charge is 2.29. The SMILES string of the molecule is CC(C)(C)C1CCN(NS(=O)(=O)Cl)CC1. The fourth-order valence-corrected chi connectivity index (χ4v) is 2.77. The molecule has 1 aliphatic rings. The Morgan fingerprint density at radius 3 is 2.07 bits per heavy atom. The number of hydrazine groups is 1. The maximum Gasteiger partial charge on any atom is 0.310 e. The first-order valence-corrected chi connectivity index (χ1v) is 7.46. The fraction of sp³-hybridized carbons (Fsp3) is 1.00. The summed E-state index contributed by atoms with van der Waals surface area (Å²) >= 11 is 0. The average molecular weight is 255 g/mol. The van der Waals surface area contributed by atoms with Crippen LogP contribution in [0.2, 0.25) is 0 Å². The lowest BCUT2D eigenvalue weighted by Gasteiger charge is -2.38. The molecule has 90 valence electrons. The van der Waals surface area contributed by atoms with Crippen molar-refractivity contribution in [3.8, 4) is 0 Å². The summed E-state index contributed by atoms with van der Waals surface area (Å²) < 4.78 is 21.6. The lowest BCUT2D eigenvalue weighted by Crippen LogP contribution is -2.46. The molecule has 1 heterocycles. The molecule has 0 radical (unpaired) electrons. The molecule has 15 heavy (non-hydrogen) atoms. The first-order chi connectivity index (χ1) is 6.68. The first kappa shape index (κ1) is 13.2. The van der Waals surface area contributed by atoms with Gasteiger partial charge in [0.15, 0.2) is 0 Å². The molecule has 0 bridgehead atoms. The topological polar surface area (TPSA) is 49.4 Å². The van der Waals surface area contributed by atoms with Crippen molar-refractivity contribution in [3.05, 3.63) is 0 Å². The second-order valence-electron chi connectivity index (χ2n) is 5.16. The molecule has 0 unspecified atom stereocenters. The number of piperidine rings is 1. The van der Waals surface area contributed by atoms with Gasteiger partial charge in [0, 0.05) is 23.8 Å². The van der Waals surface area contributed by atoms with E-state index >= 15 is 0 Å².